The molecule has 0 aliphatic heterocycles. The summed E-state index contributed by atoms with van der Waals surface area (Å²) in [5.74, 6) is -2.02. The summed E-state index contributed by atoms with van der Waals surface area (Å²) in [7, 11) is 0. The minimum Gasteiger partial charge on any atom is -0.418 e. The number of hydrogen-bond donors (Lipinski definition) is 0. The van der Waals surface area contributed by atoms with Gasteiger partial charge >= 0.3 is 11.7 Å². The number of rotatable bonds is 4. The fourth-order valence-electron chi connectivity index (χ4n) is 2.03. The zero-order chi connectivity index (χ0) is 16.4. The number of halogens is 1. The molecule has 9 heteroatoms. The van der Waals surface area contributed by atoms with Gasteiger partial charge in [0, 0.05) is 12.1 Å². The lowest BCUT2D eigenvalue weighted by Crippen LogP contribution is -2.18. The molecule has 3 rings (SSSR count). The van der Waals surface area contributed by atoms with Gasteiger partial charge in [0.05, 0.1) is 10.4 Å². The molecule has 116 valence electrons. The quantitative estimate of drug-likeness (QED) is 0.316. The van der Waals surface area contributed by atoms with Crippen molar-refractivity contribution in [3.63, 3.8) is 0 Å². The van der Waals surface area contributed by atoms with Crippen LogP contribution in [0.3, 0.4) is 0 Å². The van der Waals surface area contributed by atoms with Gasteiger partial charge in [-0.1, -0.05) is 17.3 Å². The molecule has 0 aliphatic carbocycles. The number of esters is 1. The lowest BCUT2D eigenvalue weighted by Gasteiger charge is -2.05. The summed E-state index contributed by atoms with van der Waals surface area (Å²) in [5, 5.41) is 18.6. The van der Waals surface area contributed by atoms with E-state index in [4.69, 9.17) is 4.74 Å². The third kappa shape index (κ3) is 2.98. The molecule has 0 radical (unpaired) electrons. The van der Waals surface area contributed by atoms with Crippen LogP contribution in [0.15, 0.2) is 42.5 Å². The van der Waals surface area contributed by atoms with Gasteiger partial charge in [-0.25, -0.2) is 13.9 Å². The Labute approximate surface area is 128 Å². The lowest BCUT2D eigenvalue weighted by atomic mass is 10.3. The number of nitrogens with zero attached hydrogens (tertiary/aromatic N) is 4. The fraction of sp³-hybridized carbons (Fsp3) is 0.0714. The zero-order valence-corrected chi connectivity index (χ0v) is 11.5. The minimum absolute atomic E-state index is 0.311. The first-order chi connectivity index (χ1) is 11.0. The Balaban J connectivity index is 1.83. The Kier molecular flexibility index (Phi) is 3.67. The summed E-state index contributed by atoms with van der Waals surface area (Å²) >= 11 is 0. The Hall–Kier alpha value is -3.36. The van der Waals surface area contributed by atoms with Gasteiger partial charge < -0.3 is 4.74 Å². The molecule has 0 saturated carbocycles. The first-order valence-electron chi connectivity index (χ1n) is 6.47. The van der Waals surface area contributed by atoms with Crippen LogP contribution in [0.1, 0.15) is 0 Å². The number of ether oxygens (including phenoxy) is 1. The van der Waals surface area contributed by atoms with Crippen LogP contribution in [0, 0.1) is 15.9 Å². The highest BCUT2D eigenvalue weighted by Crippen LogP contribution is 2.27. The van der Waals surface area contributed by atoms with Gasteiger partial charge in [-0.2, -0.15) is 0 Å². The molecule has 0 unspecified atom stereocenters. The Morgan fingerprint density at radius 3 is 2.87 bits per heavy atom. The third-order valence-electron chi connectivity index (χ3n) is 3.04. The van der Waals surface area contributed by atoms with Crippen molar-refractivity contribution < 1.29 is 18.8 Å². The van der Waals surface area contributed by atoms with E-state index in [1.165, 1.54) is 4.68 Å². The van der Waals surface area contributed by atoms with E-state index in [0.717, 1.165) is 18.2 Å². The van der Waals surface area contributed by atoms with E-state index >= 15 is 0 Å². The molecule has 0 N–H and O–H groups in total. The van der Waals surface area contributed by atoms with E-state index < -0.39 is 28.1 Å². The second-order valence-corrected chi connectivity index (χ2v) is 4.58. The highest BCUT2D eigenvalue weighted by Gasteiger charge is 2.19. The molecule has 0 amide bonds. The van der Waals surface area contributed by atoms with Crippen molar-refractivity contribution in [1.82, 2.24) is 15.0 Å². The van der Waals surface area contributed by atoms with E-state index in [2.05, 4.69) is 10.3 Å². The Morgan fingerprint density at radius 2 is 2.09 bits per heavy atom. The number of fused-ring (bicyclic) bond motifs is 1. The summed E-state index contributed by atoms with van der Waals surface area (Å²) in [5.41, 5.74) is 0.707. The first-order valence-corrected chi connectivity index (χ1v) is 6.47. The molecular formula is C14H9FN4O4. The van der Waals surface area contributed by atoms with Crippen LogP contribution in [0.4, 0.5) is 10.1 Å². The lowest BCUT2D eigenvalue weighted by molar-refractivity contribution is -0.385. The SMILES string of the molecule is O=C(Cn1nnc2ccccc21)Oc1cc(F)ccc1[N+](=O)[O-]. The first kappa shape index (κ1) is 14.6. The molecule has 1 heterocycles. The number of benzene rings is 2. The van der Waals surface area contributed by atoms with Crippen molar-refractivity contribution in [2.75, 3.05) is 0 Å². The van der Waals surface area contributed by atoms with Gasteiger partial charge in [0.25, 0.3) is 0 Å². The predicted molar refractivity (Wildman–Crippen MR) is 76.2 cm³/mol. The van der Waals surface area contributed by atoms with Crippen LogP contribution in [-0.4, -0.2) is 25.9 Å². The van der Waals surface area contributed by atoms with Gasteiger partial charge in [0.2, 0.25) is 5.75 Å². The molecule has 3 aromatic rings. The summed E-state index contributed by atoms with van der Waals surface area (Å²) in [6, 6.07) is 9.61. The number of aromatic nitrogens is 3. The molecule has 1 aromatic heterocycles. The topological polar surface area (TPSA) is 100 Å². The Morgan fingerprint density at radius 1 is 1.30 bits per heavy atom. The fourth-order valence-corrected chi connectivity index (χ4v) is 2.03. The number of carbonyl (C=O) groups excluding carboxylic acids is 1. The van der Waals surface area contributed by atoms with Gasteiger partial charge in [-0.05, 0) is 18.2 Å². The smallest absolute Gasteiger partial charge is 0.333 e. The average Bonchev–Trinajstić information content (AvgIpc) is 2.90. The standard InChI is InChI=1S/C14H9FN4O4/c15-9-5-6-12(19(21)22)13(7-9)23-14(20)8-18-11-4-2-1-3-10(11)16-17-18/h1-7H,8H2. The maximum absolute atomic E-state index is 13.2. The third-order valence-corrected chi connectivity index (χ3v) is 3.04. The van der Waals surface area contributed by atoms with Crippen molar-refractivity contribution >= 4 is 22.7 Å². The maximum Gasteiger partial charge on any atom is 0.333 e. The summed E-state index contributed by atoms with van der Waals surface area (Å²) < 4.78 is 19.4. The van der Waals surface area contributed by atoms with Gasteiger partial charge in [0.15, 0.2) is 0 Å². The van der Waals surface area contributed by atoms with Crippen molar-refractivity contribution in [2.24, 2.45) is 0 Å². The normalized spacial score (nSPS) is 10.7. The molecule has 2 aromatic carbocycles. The number of hydrogen-bond acceptors (Lipinski definition) is 6. The second kappa shape index (κ2) is 5.79. The second-order valence-electron chi connectivity index (χ2n) is 4.58. The molecule has 23 heavy (non-hydrogen) atoms. The average molecular weight is 316 g/mol. The maximum atomic E-state index is 13.2. The van der Waals surface area contributed by atoms with Crippen molar-refractivity contribution in [3.05, 3.63) is 58.4 Å². The van der Waals surface area contributed by atoms with Crippen LogP contribution >= 0.6 is 0 Å². The number of para-hydroxylation sites is 1. The van der Waals surface area contributed by atoms with Gasteiger partial charge in [0.1, 0.15) is 17.9 Å². The zero-order valence-electron chi connectivity index (χ0n) is 11.5. The minimum atomic E-state index is -0.825. The highest BCUT2D eigenvalue weighted by molar-refractivity contribution is 5.78. The Bertz CT molecular complexity index is 909. The molecule has 0 spiro atoms. The molecule has 0 aliphatic rings. The molecule has 0 fully saturated rings. The van der Waals surface area contributed by atoms with Crippen molar-refractivity contribution in [1.29, 1.82) is 0 Å². The van der Waals surface area contributed by atoms with Crippen molar-refractivity contribution in [3.8, 4) is 5.75 Å². The van der Waals surface area contributed by atoms with Crippen LogP contribution in [0.25, 0.3) is 11.0 Å². The molecule has 0 atom stereocenters. The van der Waals surface area contributed by atoms with Crippen LogP contribution < -0.4 is 4.74 Å². The molecule has 0 saturated heterocycles. The number of nitro benzene ring substituents is 1. The van der Waals surface area contributed by atoms with Gasteiger partial charge in [-0.3, -0.25) is 10.1 Å². The van der Waals surface area contributed by atoms with Crippen LogP contribution in [-0.2, 0) is 11.3 Å². The predicted octanol–water partition coefficient (Wildman–Crippen LogP) is 2.08. The summed E-state index contributed by atoms with van der Waals surface area (Å²) in [6.07, 6.45) is 0. The highest BCUT2D eigenvalue weighted by atomic mass is 19.1. The van der Waals surface area contributed by atoms with Gasteiger partial charge in [-0.15, -0.1) is 5.10 Å². The van der Waals surface area contributed by atoms with Crippen LogP contribution in [0.5, 0.6) is 5.75 Å². The van der Waals surface area contributed by atoms with E-state index in [0.29, 0.717) is 11.0 Å². The van der Waals surface area contributed by atoms with E-state index in [9.17, 15) is 19.3 Å². The van der Waals surface area contributed by atoms with Crippen LogP contribution in [0.2, 0.25) is 0 Å². The molecule has 8 nitrogen and oxygen atoms in total. The van der Waals surface area contributed by atoms with E-state index in [1.54, 1.807) is 24.3 Å². The van der Waals surface area contributed by atoms with E-state index in [1.807, 2.05) is 0 Å². The number of nitro groups is 1. The van der Waals surface area contributed by atoms with E-state index in [-0.39, 0.29) is 6.54 Å². The summed E-state index contributed by atoms with van der Waals surface area (Å²) in [4.78, 5) is 22.1. The molecular weight excluding hydrogens is 307 g/mol. The number of carbonyl (C=O) groups is 1. The molecule has 0 bridgehead atoms. The summed E-state index contributed by atoms with van der Waals surface area (Å²) in [6.45, 7) is -0.311. The van der Waals surface area contributed by atoms with Crippen molar-refractivity contribution in [2.45, 2.75) is 6.54 Å². The monoisotopic (exact) mass is 316 g/mol. The largest absolute Gasteiger partial charge is 0.418 e.